The number of amides is 3. The van der Waals surface area contributed by atoms with Crippen molar-refractivity contribution in [2.45, 2.75) is 17.2 Å². The molecule has 1 N–H and O–H groups in total. The van der Waals surface area contributed by atoms with E-state index in [0.29, 0.717) is 56.8 Å². The molecule has 2 fully saturated rings. The second-order valence-electron chi connectivity index (χ2n) is 8.83. The molecule has 3 aliphatic rings. The molecule has 0 radical (unpaired) electrons. The summed E-state index contributed by atoms with van der Waals surface area (Å²) in [4.78, 5) is 40.1. The molecule has 0 aliphatic carbocycles. The van der Waals surface area contributed by atoms with E-state index in [1.165, 1.54) is 9.21 Å². The molecule has 3 heterocycles. The van der Waals surface area contributed by atoms with E-state index >= 15 is 0 Å². The van der Waals surface area contributed by atoms with Gasteiger partial charge in [-0.2, -0.15) is 4.31 Å². The third-order valence-electron chi connectivity index (χ3n) is 6.82. The average Bonchev–Trinajstić information content (AvgIpc) is 3.39. The molecule has 0 saturated carbocycles. The lowest BCUT2D eigenvalue weighted by Crippen LogP contribution is -2.50. The first-order valence-corrected chi connectivity index (χ1v) is 12.8. The predicted molar refractivity (Wildman–Crippen MR) is 124 cm³/mol. The Hall–Kier alpha value is -3.08. The zero-order chi connectivity index (χ0) is 23.9. The van der Waals surface area contributed by atoms with Crippen LogP contribution in [0.5, 0.6) is 0 Å². The molecule has 9 nitrogen and oxygen atoms in total. The number of sulfonamides is 1. The van der Waals surface area contributed by atoms with Crippen LogP contribution in [0.3, 0.4) is 0 Å². The zero-order valence-corrected chi connectivity index (χ0v) is 19.5. The Morgan fingerprint density at radius 1 is 0.824 bits per heavy atom. The average molecular weight is 483 g/mol. The summed E-state index contributed by atoms with van der Waals surface area (Å²) in [7, 11) is -3.62. The molecule has 1 atom stereocenters. The number of carbonyl (C=O) groups excluding carboxylic acids is 3. The number of imide groups is 1. The van der Waals surface area contributed by atoms with Gasteiger partial charge >= 0.3 is 0 Å². The van der Waals surface area contributed by atoms with Crippen molar-refractivity contribution in [2.24, 2.45) is 0 Å². The molecule has 0 spiro atoms. The van der Waals surface area contributed by atoms with Gasteiger partial charge in [0.2, 0.25) is 15.9 Å². The van der Waals surface area contributed by atoms with Gasteiger partial charge in [0, 0.05) is 58.2 Å². The van der Waals surface area contributed by atoms with Crippen LogP contribution in [-0.2, 0) is 14.8 Å². The maximum Gasteiger partial charge on any atom is 0.261 e. The topological polar surface area (TPSA) is 107 Å². The minimum Gasteiger partial charge on any atom is -0.355 e. The van der Waals surface area contributed by atoms with Crippen LogP contribution in [0.2, 0.25) is 0 Å². The smallest absolute Gasteiger partial charge is 0.261 e. The van der Waals surface area contributed by atoms with Crippen LogP contribution in [0.15, 0.2) is 53.4 Å². The number of rotatable bonds is 6. The minimum atomic E-state index is -3.62. The van der Waals surface area contributed by atoms with Gasteiger partial charge in [0.25, 0.3) is 11.8 Å². The van der Waals surface area contributed by atoms with Crippen molar-refractivity contribution in [3.8, 4) is 0 Å². The van der Waals surface area contributed by atoms with Crippen molar-refractivity contribution in [3.63, 3.8) is 0 Å². The summed E-state index contributed by atoms with van der Waals surface area (Å²) < 4.78 is 27.7. The molecule has 3 aliphatic heterocycles. The second-order valence-corrected chi connectivity index (χ2v) is 10.8. The Kier molecular flexibility index (Phi) is 5.97. The first-order valence-electron chi connectivity index (χ1n) is 11.4. The summed E-state index contributed by atoms with van der Waals surface area (Å²) in [6.45, 7) is 3.09. The van der Waals surface area contributed by atoms with E-state index in [9.17, 15) is 22.8 Å². The van der Waals surface area contributed by atoms with Gasteiger partial charge in [-0.3, -0.25) is 24.2 Å². The fraction of sp³-hybridized carbons (Fsp3) is 0.375. The number of piperazine rings is 1. The molecule has 0 aromatic heterocycles. The Morgan fingerprint density at radius 2 is 1.44 bits per heavy atom. The molecule has 0 bridgehead atoms. The molecule has 2 aromatic carbocycles. The monoisotopic (exact) mass is 482 g/mol. The van der Waals surface area contributed by atoms with Crippen molar-refractivity contribution in [3.05, 3.63) is 65.2 Å². The molecule has 5 rings (SSSR count). The summed E-state index contributed by atoms with van der Waals surface area (Å²) in [6, 6.07) is 13.6. The molecule has 10 heteroatoms. The van der Waals surface area contributed by atoms with Gasteiger partial charge in [0.05, 0.1) is 16.0 Å². The van der Waals surface area contributed by atoms with Crippen molar-refractivity contribution in [1.82, 2.24) is 19.4 Å². The van der Waals surface area contributed by atoms with E-state index in [4.69, 9.17) is 0 Å². The molecule has 3 amide bonds. The number of nitrogens with one attached hydrogen (secondary N) is 1. The first-order chi connectivity index (χ1) is 16.3. The normalized spacial score (nSPS) is 21.7. The second kappa shape index (κ2) is 8.94. The number of benzene rings is 2. The van der Waals surface area contributed by atoms with Gasteiger partial charge in [-0.15, -0.1) is 0 Å². The van der Waals surface area contributed by atoms with Crippen LogP contribution >= 0.6 is 0 Å². The maximum absolute atomic E-state index is 13.1. The minimum absolute atomic E-state index is 0.0163. The molecule has 34 heavy (non-hydrogen) atoms. The van der Waals surface area contributed by atoms with Crippen LogP contribution in [-0.4, -0.2) is 86.1 Å². The Balaban J connectivity index is 1.16. The number of hydrogen-bond acceptors (Lipinski definition) is 6. The third kappa shape index (κ3) is 4.13. The largest absolute Gasteiger partial charge is 0.355 e. The van der Waals surface area contributed by atoms with E-state index < -0.39 is 10.0 Å². The first kappa shape index (κ1) is 22.7. The quantitative estimate of drug-likeness (QED) is 0.613. The van der Waals surface area contributed by atoms with Gasteiger partial charge in [-0.1, -0.05) is 24.3 Å². The maximum atomic E-state index is 13.1. The van der Waals surface area contributed by atoms with Gasteiger partial charge in [0.1, 0.15) is 0 Å². The molecule has 178 valence electrons. The van der Waals surface area contributed by atoms with Crippen molar-refractivity contribution in [1.29, 1.82) is 0 Å². The third-order valence-corrected chi connectivity index (χ3v) is 8.73. The van der Waals surface area contributed by atoms with Crippen LogP contribution in [0.1, 0.15) is 38.6 Å². The van der Waals surface area contributed by atoms with Crippen LogP contribution in [0.4, 0.5) is 0 Å². The van der Waals surface area contributed by atoms with Crippen LogP contribution < -0.4 is 5.32 Å². The Labute approximate surface area is 198 Å². The molecule has 2 saturated heterocycles. The standard InChI is InChI=1S/C24H26N4O5S/c29-22-15-18(16-25-22)17-5-7-19(8-6-17)34(32,33)27-12-9-26(10-13-27)11-14-28-23(30)20-3-1-2-4-21(20)24(28)31/h1-8,18H,9-16H2,(H,25,29). The summed E-state index contributed by atoms with van der Waals surface area (Å²) in [6.07, 6.45) is 0.425. The highest BCUT2D eigenvalue weighted by Crippen LogP contribution is 2.26. The van der Waals surface area contributed by atoms with E-state index in [0.717, 1.165) is 5.56 Å². The highest BCUT2D eigenvalue weighted by molar-refractivity contribution is 7.89. The van der Waals surface area contributed by atoms with Gasteiger partial charge < -0.3 is 5.32 Å². The fourth-order valence-electron chi connectivity index (χ4n) is 4.78. The Morgan fingerprint density at radius 3 is 2.00 bits per heavy atom. The number of carbonyl (C=O) groups is 3. The lowest BCUT2D eigenvalue weighted by Gasteiger charge is -2.34. The van der Waals surface area contributed by atoms with Crippen molar-refractivity contribution >= 4 is 27.7 Å². The van der Waals surface area contributed by atoms with Gasteiger partial charge in [0.15, 0.2) is 0 Å². The SMILES string of the molecule is O=C1CC(c2ccc(S(=O)(=O)N3CCN(CCN4C(=O)c5ccccc5C4=O)CC3)cc2)CN1. The highest BCUT2D eigenvalue weighted by atomic mass is 32.2. The molecule has 2 aromatic rings. The number of hydrogen-bond donors (Lipinski definition) is 1. The van der Waals surface area contributed by atoms with E-state index in [1.807, 2.05) is 0 Å². The Bertz CT molecular complexity index is 1200. The number of nitrogens with zero attached hydrogens (tertiary/aromatic N) is 3. The van der Waals surface area contributed by atoms with Gasteiger partial charge in [-0.25, -0.2) is 8.42 Å². The van der Waals surface area contributed by atoms with Gasteiger partial charge in [-0.05, 0) is 29.8 Å². The van der Waals surface area contributed by atoms with Crippen LogP contribution in [0, 0.1) is 0 Å². The summed E-state index contributed by atoms with van der Waals surface area (Å²) in [5, 5.41) is 2.80. The number of fused-ring (bicyclic) bond motifs is 1. The highest BCUT2D eigenvalue weighted by Gasteiger charge is 2.35. The lowest BCUT2D eigenvalue weighted by molar-refractivity contribution is -0.119. The van der Waals surface area contributed by atoms with E-state index in [2.05, 4.69) is 10.2 Å². The van der Waals surface area contributed by atoms with Crippen molar-refractivity contribution < 1.29 is 22.8 Å². The van der Waals surface area contributed by atoms with E-state index in [-0.39, 0.29) is 35.1 Å². The van der Waals surface area contributed by atoms with E-state index in [1.54, 1.807) is 48.5 Å². The summed E-state index contributed by atoms with van der Waals surface area (Å²) in [5.74, 6) is -0.455. The van der Waals surface area contributed by atoms with Crippen LogP contribution in [0.25, 0.3) is 0 Å². The zero-order valence-electron chi connectivity index (χ0n) is 18.6. The molecular formula is C24H26N4O5S. The summed E-state index contributed by atoms with van der Waals surface area (Å²) >= 11 is 0. The predicted octanol–water partition coefficient (Wildman–Crippen LogP) is 0.893. The summed E-state index contributed by atoms with van der Waals surface area (Å²) in [5.41, 5.74) is 1.82. The fourth-order valence-corrected chi connectivity index (χ4v) is 6.20. The molecular weight excluding hydrogens is 456 g/mol. The lowest BCUT2D eigenvalue weighted by atomic mass is 9.99. The van der Waals surface area contributed by atoms with Crippen molar-refractivity contribution in [2.75, 3.05) is 45.8 Å². The molecule has 1 unspecified atom stereocenters.